The van der Waals surface area contributed by atoms with E-state index in [9.17, 15) is 9.90 Å². The fourth-order valence-electron chi connectivity index (χ4n) is 1.81. The van der Waals surface area contributed by atoms with Crippen molar-refractivity contribution in [3.05, 3.63) is 11.6 Å². The molecule has 5 nitrogen and oxygen atoms in total. The SMILES string of the molecule is CCC(=CCNCC1(O)CCOCC1)C(=O)O. The van der Waals surface area contributed by atoms with Crippen molar-refractivity contribution in [2.24, 2.45) is 0 Å². The van der Waals surface area contributed by atoms with Crippen LogP contribution in [0, 0.1) is 0 Å². The van der Waals surface area contributed by atoms with Crippen LogP contribution in [0.3, 0.4) is 0 Å². The summed E-state index contributed by atoms with van der Waals surface area (Å²) in [6.07, 6.45) is 3.42. The smallest absolute Gasteiger partial charge is 0.331 e. The summed E-state index contributed by atoms with van der Waals surface area (Å²) in [5, 5.41) is 22.0. The molecule has 1 saturated heterocycles. The van der Waals surface area contributed by atoms with Crippen LogP contribution in [0.5, 0.6) is 0 Å². The monoisotopic (exact) mass is 243 g/mol. The molecule has 0 aromatic rings. The van der Waals surface area contributed by atoms with Crippen molar-refractivity contribution < 1.29 is 19.7 Å². The van der Waals surface area contributed by atoms with Crippen LogP contribution in [-0.4, -0.2) is 48.1 Å². The number of aliphatic carboxylic acids is 1. The zero-order valence-corrected chi connectivity index (χ0v) is 10.2. The second kappa shape index (κ2) is 6.74. The van der Waals surface area contributed by atoms with Crippen molar-refractivity contribution in [3.8, 4) is 0 Å². The zero-order chi connectivity index (χ0) is 12.7. The molecule has 1 rings (SSSR count). The van der Waals surface area contributed by atoms with Gasteiger partial charge in [0.15, 0.2) is 0 Å². The molecular weight excluding hydrogens is 222 g/mol. The van der Waals surface area contributed by atoms with Crippen molar-refractivity contribution in [1.29, 1.82) is 0 Å². The first-order valence-corrected chi connectivity index (χ1v) is 6.00. The number of rotatable bonds is 6. The molecule has 1 aliphatic rings. The first kappa shape index (κ1) is 14.2. The minimum absolute atomic E-state index is 0.400. The number of carbonyl (C=O) groups is 1. The maximum absolute atomic E-state index is 10.7. The molecule has 1 heterocycles. The Morgan fingerprint density at radius 1 is 1.47 bits per heavy atom. The number of carboxylic acid groups (broad SMARTS) is 1. The van der Waals surface area contributed by atoms with Gasteiger partial charge in [-0.3, -0.25) is 0 Å². The standard InChI is InChI=1S/C12H21NO4/c1-2-10(11(14)15)3-6-13-9-12(16)4-7-17-8-5-12/h3,13,16H,2,4-9H2,1H3,(H,14,15). The molecule has 0 spiro atoms. The largest absolute Gasteiger partial charge is 0.478 e. The molecule has 1 fully saturated rings. The molecule has 1 aliphatic heterocycles. The third-order valence-corrected chi connectivity index (χ3v) is 3.03. The highest BCUT2D eigenvalue weighted by Crippen LogP contribution is 2.19. The van der Waals surface area contributed by atoms with E-state index in [1.165, 1.54) is 0 Å². The van der Waals surface area contributed by atoms with Gasteiger partial charge >= 0.3 is 5.97 Å². The lowest BCUT2D eigenvalue weighted by Gasteiger charge is -2.32. The number of nitrogens with one attached hydrogen (secondary N) is 1. The van der Waals surface area contributed by atoms with E-state index in [2.05, 4.69) is 5.32 Å². The molecule has 0 atom stereocenters. The van der Waals surface area contributed by atoms with E-state index in [0.29, 0.717) is 51.1 Å². The Balaban J connectivity index is 2.29. The Bertz CT molecular complexity index is 282. The van der Waals surface area contributed by atoms with Gasteiger partial charge in [-0.1, -0.05) is 13.0 Å². The number of ether oxygens (including phenoxy) is 1. The summed E-state index contributed by atoms with van der Waals surface area (Å²) in [6, 6.07) is 0. The molecule has 0 aromatic heterocycles. The molecular formula is C12H21NO4. The quantitative estimate of drug-likeness (QED) is 0.469. The highest BCUT2D eigenvalue weighted by molar-refractivity contribution is 5.86. The van der Waals surface area contributed by atoms with E-state index in [4.69, 9.17) is 9.84 Å². The topological polar surface area (TPSA) is 78.8 Å². The molecule has 0 amide bonds. The summed E-state index contributed by atoms with van der Waals surface area (Å²) < 4.78 is 5.18. The van der Waals surface area contributed by atoms with Crippen LogP contribution in [0.15, 0.2) is 11.6 Å². The highest BCUT2D eigenvalue weighted by Gasteiger charge is 2.28. The molecule has 0 unspecified atom stereocenters. The van der Waals surface area contributed by atoms with Gasteiger partial charge < -0.3 is 20.3 Å². The number of hydrogen-bond donors (Lipinski definition) is 3. The summed E-state index contributed by atoms with van der Waals surface area (Å²) in [6.45, 7) is 3.93. The van der Waals surface area contributed by atoms with Crippen LogP contribution in [-0.2, 0) is 9.53 Å². The molecule has 0 bridgehead atoms. The van der Waals surface area contributed by atoms with E-state index >= 15 is 0 Å². The lowest BCUT2D eigenvalue weighted by Crippen LogP contribution is -2.45. The first-order valence-electron chi connectivity index (χ1n) is 6.00. The van der Waals surface area contributed by atoms with E-state index in [-0.39, 0.29) is 0 Å². The maximum Gasteiger partial charge on any atom is 0.331 e. The van der Waals surface area contributed by atoms with E-state index in [1.54, 1.807) is 6.08 Å². The van der Waals surface area contributed by atoms with Crippen LogP contribution >= 0.6 is 0 Å². The van der Waals surface area contributed by atoms with Crippen molar-refractivity contribution in [3.63, 3.8) is 0 Å². The fraction of sp³-hybridized carbons (Fsp3) is 0.750. The van der Waals surface area contributed by atoms with Crippen LogP contribution < -0.4 is 5.32 Å². The van der Waals surface area contributed by atoms with Gasteiger partial charge in [-0.15, -0.1) is 0 Å². The van der Waals surface area contributed by atoms with E-state index < -0.39 is 11.6 Å². The lowest BCUT2D eigenvalue weighted by atomic mass is 9.94. The molecule has 98 valence electrons. The summed E-state index contributed by atoms with van der Waals surface area (Å²) >= 11 is 0. The summed E-state index contributed by atoms with van der Waals surface area (Å²) in [5.41, 5.74) is -0.307. The van der Waals surface area contributed by atoms with Gasteiger partial charge in [-0.05, 0) is 6.42 Å². The molecule has 0 aliphatic carbocycles. The summed E-state index contributed by atoms with van der Waals surface area (Å²) in [4.78, 5) is 10.7. The van der Waals surface area contributed by atoms with Crippen LogP contribution in [0.25, 0.3) is 0 Å². The van der Waals surface area contributed by atoms with Gasteiger partial charge in [-0.25, -0.2) is 4.79 Å². The van der Waals surface area contributed by atoms with Crippen molar-refractivity contribution in [2.75, 3.05) is 26.3 Å². The molecule has 17 heavy (non-hydrogen) atoms. The van der Waals surface area contributed by atoms with E-state index in [1.807, 2.05) is 6.92 Å². The van der Waals surface area contributed by atoms with Gasteiger partial charge in [0.05, 0.1) is 5.60 Å². The molecule has 0 saturated carbocycles. The lowest BCUT2D eigenvalue weighted by molar-refractivity contribution is -0.132. The Labute approximate surface area is 101 Å². The zero-order valence-electron chi connectivity index (χ0n) is 10.2. The average Bonchev–Trinajstić information content (AvgIpc) is 2.29. The second-order valence-electron chi connectivity index (χ2n) is 4.36. The van der Waals surface area contributed by atoms with Gasteiger partial charge in [0.25, 0.3) is 0 Å². The Hall–Kier alpha value is -0.910. The average molecular weight is 243 g/mol. The highest BCUT2D eigenvalue weighted by atomic mass is 16.5. The molecule has 3 N–H and O–H groups in total. The minimum Gasteiger partial charge on any atom is -0.478 e. The Kier molecular flexibility index (Phi) is 5.61. The van der Waals surface area contributed by atoms with Gasteiger partial charge in [-0.2, -0.15) is 0 Å². The number of carboxylic acids is 1. The summed E-state index contributed by atoms with van der Waals surface area (Å²) in [5.74, 6) is -0.876. The third-order valence-electron chi connectivity index (χ3n) is 3.03. The molecule has 0 aromatic carbocycles. The third kappa shape index (κ3) is 4.85. The second-order valence-corrected chi connectivity index (χ2v) is 4.36. The number of hydrogen-bond acceptors (Lipinski definition) is 4. The molecule has 0 radical (unpaired) electrons. The van der Waals surface area contributed by atoms with E-state index in [0.717, 1.165) is 0 Å². The predicted molar refractivity (Wildman–Crippen MR) is 63.9 cm³/mol. The Morgan fingerprint density at radius 3 is 2.65 bits per heavy atom. The van der Waals surface area contributed by atoms with Crippen LogP contribution in [0.1, 0.15) is 26.2 Å². The van der Waals surface area contributed by atoms with Gasteiger partial charge in [0.1, 0.15) is 0 Å². The first-order chi connectivity index (χ1) is 8.07. The van der Waals surface area contributed by atoms with Gasteiger partial charge in [0.2, 0.25) is 0 Å². The number of aliphatic hydroxyl groups is 1. The van der Waals surface area contributed by atoms with Crippen LogP contribution in [0.4, 0.5) is 0 Å². The van der Waals surface area contributed by atoms with Crippen LogP contribution in [0.2, 0.25) is 0 Å². The molecule has 5 heteroatoms. The summed E-state index contributed by atoms with van der Waals surface area (Å²) in [7, 11) is 0. The van der Waals surface area contributed by atoms with Gasteiger partial charge in [0, 0.05) is 44.7 Å². The fourth-order valence-corrected chi connectivity index (χ4v) is 1.81. The van der Waals surface area contributed by atoms with Crippen molar-refractivity contribution in [2.45, 2.75) is 31.8 Å². The van der Waals surface area contributed by atoms with Crippen molar-refractivity contribution >= 4 is 5.97 Å². The normalized spacial score (nSPS) is 20.2. The maximum atomic E-state index is 10.7. The Morgan fingerprint density at radius 2 is 2.12 bits per heavy atom. The van der Waals surface area contributed by atoms with Crippen molar-refractivity contribution in [1.82, 2.24) is 5.32 Å². The minimum atomic E-state index is -0.876. The predicted octanol–water partition coefficient (Wildman–Crippen LogP) is 0.538.